The van der Waals surface area contributed by atoms with Crippen molar-refractivity contribution < 1.29 is 31.5 Å². The molecule has 3 heterocycles. The molecular weight excluding hydrogens is 548 g/mol. The maximum atomic E-state index is 13.3. The van der Waals surface area contributed by atoms with Crippen LogP contribution in [0.15, 0.2) is 57.7 Å². The Kier molecular flexibility index (Phi) is 7.66. The molecule has 0 spiro atoms. The predicted molar refractivity (Wildman–Crippen MR) is 154 cm³/mol. The van der Waals surface area contributed by atoms with E-state index in [9.17, 15) is 23.3 Å². The second-order valence-corrected chi connectivity index (χ2v) is 11.3. The van der Waals surface area contributed by atoms with Gasteiger partial charge in [-0.05, 0) is 50.1 Å². The van der Waals surface area contributed by atoms with Crippen molar-refractivity contribution in [2.45, 2.75) is 32.7 Å². The van der Waals surface area contributed by atoms with Crippen molar-refractivity contribution in [2.24, 2.45) is 0 Å². The molecule has 0 bridgehead atoms. The van der Waals surface area contributed by atoms with Crippen LogP contribution in [-0.2, 0) is 26.2 Å². The van der Waals surface area contributed by atoms with E-state index in [1.807, 2.05) is 57.2 Å². The molecule has 212 valence electrons. The zero-order chi connectivity index (χ0) is 29.3. The van der Waals surface area contributed by atoms with Crippen molar-refractivity contribution >= 4 is 60.3 Å². The van der Waals surface area contributed by atoms with Gasteiger partial charge in [-0.2, -0.15) is 18.1 Å². The Bertz CT molecular complexity index is 2020. The number of ether oxygens (including phenoxy) is 1. The van der Waals surface area contributed by atoms with Gasteiger partial charge in [-0.15, -0.1) is 0 Å². The van der Waals surface area contributed by atoms with Crippen molar-refractivity contribution in [1.82, 2.24) is 4.40 Å². The molecule has 2 aromatic carbocycles. The highest BCUT2D eigenvalue weighted by molar-refractivity contribution is 7.85. The SMILES string of the molecule is CCN(CCC(=O)OC)c1ccc2c(c1)oc(=O)c1cc(C#N)c3n(c4ccccc4[n+]3CCCCS(=O)(=O)O)c12. The van der Waals surface area contributed by atoms with Crippen LogP contribution in [0, 0.1) is 11.3 Å². The van der Waals surface area contributed by atoms with Crippen LogP contribution in [-0.4, -0.2) is 49.3 Å². The quantitative estimate of drug-likeness (QED) is 0.0657. The van der Waals surface area contributed by atoms with Crippen molar-refractivity contribution in [3.8, 4) is 6.07 Å². The summed E-state index contributed by atoms with van der Waals surface area (Å²) in [5.74, 6) is -0.670. The number of nitriles is 1. The zero-order valence-electron chi connectivity index (χ0n) is 22.7. The first-order valence-electron chi connectivity index (χ1n) is 13.2. The molecule has 0 atom stereocenters. The largest absolute Gasteiger partial charge is 0.469 e. The summed E-state index contributed by atoms with van der Waals surface area (Å²) < 4.78 is 45.9. The number of nitrogens with zero attached hydrogens (tertiary/aromatic N) is 4. The number of unbranched alkanes of at least 4 members (excludes halogenated alkanes) is 1. The second-order valence-electron chi connectivity index (χ2n) is 9.70. The van der Waals surface area contributed by atoms with Crippen LogP contribution in [0.3, 0.4) is 0 Å². The van der Waals surface area contributed by atoms with Crippen LogP contribution in [0.1, 0.15) is 31.7 Å². The molecule has 0 amide bonds. The maximum Gasteiger partial charge on any atom is 0.347 e. The molecule has 0 unspecified atom stereocenters. The van der Waals surface area contributed by atoms with Gasteiger partial charge in [0.05, 0.1) is 31.2 Å². The monoisotopic (exact) mass is 577 g/mol. The van der Waals surface area contributed by atoms with Gasteiger partial charge < -0.3 is 14.1 Å². The summed E-state index contributed by atoms with van der Waals surface area (Å²) in [6.45, 7) is 3.41. The van der Waals surface area contributed by atoms with E-state index in [0.717, 1.165) is 16.7 Å². The lowest BCUT2D eigenvalue weighted by molar-refractivity contribution is -0.646. The van der Waals surface area contributed by atoms with E-state index >= 15 is 0 Å². The molecule has 3 aromatic heterocycles. The van der Waals surface area contributed by atoms with E-state index < -0.39 is 15.7 Å². The van der Waals surface area contributed by atoms with Crippen LogP contribution < -0.4 is 15.1 Å². The fourth-order valence-electron chi connectivity index (χ4n) is 5.35. The fraction of sp³-hybridized carbons (Fsp3) is 0.310. The van der Waals surface area contributed by atoms with Gasteiger partial charge >= 0.3 is 17.2 Å². The van der Waals surface area contributed by atoms with E-state index in [2.05, 4.69) is 6.07 Å². The number of carbonyl (C=O) groups excluding carboxylic acids is 1. The lowest BCUT2D eigenvalue weighted by Gasteiger charge is -2.22. The number of anilines is 1. The van der Waals surface area contributed by atoms with E-state index in [0.29, 0.717) is 48.2 Å². The Morgan fingerprint density at radius 3 is 2.66 bits per heavy atom. The Hall–Kier alpha value is -4.47. The first-order valence-corrected chi connectivity index (χ1v) is 14.8. The number of hydrogen-bond acceptors (Lipinski definition) is 8. The van der Waals surface area contributed by atoms with E-state index in [1.165, 1.54) is 13.2 Å². The Morgan fingerprint density at radius 1 is 1.17 bits per heavy atom. The number of aromatic nitrogens is 2. The number of aryl methyl sites for hydroxylation is 1. The van der Waals surface area contributed by atoms with Crippen molar-refractivity contribution in [1.29, 1.82) is 5.26 Å². The van der Waals surface area contributed by atoms with Gasteiger partial charge in [-0.3, -0.25) is 9.35 Å². The first kappa shape index (κ1) is 28.1. The molecule has 0 aliphatic heterocycles. The van der Waals surface area contributed by atoms with Crippen LogP contribution in [0.2, 0.25) is 0 Å². The van der Waals surface area contributed by atoms with Crippen molar-refractivity contribution in [3.05, 3.63) is 64.5 Å². The summed E-state index contributed by atoms with van der Waals surface area (Å²) in [4.78, 5) is 27.0. The predicted octanol–water partition coefficient (Wildman–Crippen LogP) is 3.57. The number of para-hydroxylation sites is 2. The topological polar surface area (TPSA) is 146 Å². The van der Waals surface area contributed by atoms with E-state index in [-0.39, 0.29) is 35.5 Å². The van der Waals surface area contributed by atoms with Gasteiger partial charge in [0.15, 0.2) is 16.6 Å². The number of imidazole rings is 1. The summed E-state index contributed by atoms with van der Waals surface area (Å²) in [5, 5.41) is 11.0. The molecule has 1 N–H and O–H groups in total. The fourth-order valence-corrected chi connectivity index (χ4v) is 5.91. The lowest BCUT2D eigenvalue weighted by atomic mass is 10.1. The molecule has 0 radical (unpaired) electrons. The summed E-state index contributed by atoms with van der Waals surface area (Å²) >= 11 is 0. The minimum atomic E-state index is -4.08. The summed E-state index contributed by atoms with van der Waals surface area (Å²) in [5.41, 5.74) is 3.55. The number of rotatable bonds is 10. The number of hydrogen-bond donors (Lipinski definition) is 1. The summed E-state index contributed by atoms with van der Waals surface area (Å²) in [6.07, 6.45) is 0.893. The molecule has 0 aliphatic rings. The van der Waals surface area contributed by atoms with Crippen LogP contribution >= 0.6 is 0 Å². The number of fused-ring (bicyclic) bond motifs is 7. The molecule has 5 rings (SSSR count). The van der Waals surface area contributed by atoms with Crippen LogP contribution in [0.5, 0.6) is 0 Å². The smallest absolute Gasteiger partial charge is 0.347 e. The van der Waals surface area contributed by atoms with Gasteiger partial charge in [0.25, 0.3) is 10.1 Å². The molecule has 0 fully saturated rings. The third kappa shape index (κ3) is 5.33. The Morgan fingerprint density at radius 2 is 1.95 bits per heavy atom. The molecule has 41 heavy (non-hydrogen) atoms. The van der Waals surface area contributed by atoms with Crippen LogP contribution in [0.4, 0.5) is 5.69 Å². The highest BCUT2D eigenvalue weighted by atomic mass is 32.2. The highest BCUT2D eigenvalue weighted by Gasteiger charge is 2.28. The number of methoxy groups -OCH3 is 1. The van der Waals surface area contributed by atoms with Gasteiger partial charge in [0.2, 0.25) is 0 Å². The molecule has 5 aromatic rings. The van der Waals surface area contributed by atoms with E-state index in [1.54, 1.807) is 6.07 Å². The third-order valence-electron chi connectivity index (χ3n) is 7.25. The number of carbonyl (C=O) groups is 1. The molecule has 11 nitrogen and oxygen atoms in total. The number of benzene rings is 2. The third-order valence-corrected chi connectivity index (χ3v) is 8.05. The Balaban J connectivity index is 1.74. The molecule has 0 saturated carbocycles. The van der Waals surface area contributed by atoms with Gasteiger partial charge in [-0.25, -0.2) is 9.36 Å². The summed E-state index contributed by atoms with van der Waals surface area (Å²) in [7, 11) is -2.73. The van der Waals surface area contributed by atoms with Gasteiger partial charge in [0.1, 0.15) is 22.6 Å². The molecule has 0 saturated heterocycles. The maximum absolute atomic E-state index is 13.3. The molecule has 12 heteroatoms. The molecular formula is C29H29N4O7S+. The van der Waals surface area contributed by atoms with Crippen molar-refractivity contribution in [2.75, 3.05) is 30.9 Å². The van der Waals surface area contributed by atoms with E-state index in [4.69, 9.17) is 13.7 Å². The minimum Gasteiger partial charge on any atom is -0.469 e. The standard InChI is InChI=1S/C29H28N4O7S/c1-3-31(14-12-26(34)39-2)20-10-11-21-25(17-20)40-29(35)22-16-19(18-30)28-32(13-6-7-15-41(36,37)38)23-8-4-5-9-24(23)33(28)27(21)22/h4-5,8-11,16-17H,3,6-7,12-15H2,1-2H3/p+1. The van der Waals surface area contributed by atoms with Gasteiger partial charge in [-0.1, -0.05) is 12.1 Å². The summed E-state index contributed by atoms with van der Waals surface area (Å²) in [6, 6.07) is 16.8. The average molecular weight is 578 g/mol. The van der Waals surface area contributed by atoms with Gasteiger partial charge in [0, 0.05) is 24.8 Å². The average Bonchev–Trinajstić information content (AvgIpc) is 3.29. The highest BCUT2D eigenvalue weighted by Crippen LogP contribution is 2.31. The zero-order valence-corrected chi connectivity index (χ0v) is 23.5. The van der Waals surface area contributed by atoms with Crippen molar-refractivity contribution in [3.63, 3.8) is 0 Å². The first-order chi connectivity index (χ1) is 19.7. The molecule has 0 aliphatic carbocycles. The second kappa shape index (κ2) is 11.2. The normalized spacial score (nSPS) is 11.9. The number of pyridine rings is 1. The number of esters is 1. The lowest BCUT2D eigenvalue weighted by Crippen LogP contribution is -2.34. The Labute approximate surface area is 235 Å². The minimum absolute atomic E-state index is 0.210. The van der Waals surface area contributed by atoms with Crippen LogP contribution in [0.25, 0.3) is 38.6 Å².